The number of amides is 1. The van der Waals surface area contributed by atoms with Crippen LogP contribution in [0.1, 0.15) is 16.8 Å². The minimum absolute atomic E-state index is 0.113. The summed E-state index contributed by atoms with van der Waals surface area (Å²) in [4.78, 5) is 25.6. The monoisotopic (exact) mass is 357 g/mol. The van der Waals surface area contributed by atoms with Crippen molar-refractivity contribution in [1.82, 2.24) is 4.90 Å². The average Bonchev–Trinajstić information content (AvgIpc) is 2.87. The summed E-state index contributed by atoms with van der Waals surface area (Å²) in [6, 6.07) is 4.15. The van der Waals surface area contributed by atoms with Crippen LogP contribution in [0.25, 0.3) is 0 Å². The highest BCUT2D eigenvalue weighted by Gasteiger charge is 2.40. The zero-order valence-electron chi connectivity index (χ0n) is 11.7. The summed E-state index contributed by atoms with van der Waals surface area (Å²) < 4.78 is 10.4. The van der Waals surface area contributed by atoms with Gasteiger partial charge in [-0.05, 0) is 34.1 Å². The van der Waals surface area contributed by atoms with E-state index in [-0.39, 0.29) is 18.9 Å². The first-order valence-electron chi connectivity index (χ1n) is 6.38. The van der Waals surface area contributed by atoms with Crippen LogP contribution < -0.4 is 4.74 Å². The number of carbonyl (C=O) groups excluding carboxylic acids is 2. The zero-order valence-corrected chi connectivity index (χ0v) is 13.3. The zero-order chi connectivity index (χ0) is 15.6. The van der Waals surface area contributed by atoms with Gasteiger partial charge in [0.25, 0.3) is 5.91 Å². The molecule has 2 rings (SSSR count). The molecule has 21 heavy (non-hydrogen) atoms. The SMILES string of the molecule is COC(=O)C1CC(O)CN1C(=O)c1ccc(OC)c(Br)c1. The number of hydrogen-bond acceptors (Lipinski definition) is 5. The maximum atomic E-state index is 12.5. The number of β-amino-alcohol motifs (C(OH)–C–C–N with tert-alkyl or cyclic N) is 1. The number of rotatable bonds is 3. The van der Waals surface area contributed by atoms with E-state index in [4.69, 9.17) is 4.74 Å². The summed E-state index contributed by atoms with van der Waals surface area (Å²) in [5.74, 6) is -0.240. The van der Waals surface area contributed by atoms with E-state index >= 15 is 0 Å². The Hall–Kier alpha value is -1.60. The molecule has 0 bridgehead atoms. The third-order valence-electron chi connectivity index (χ3n) is 3.41. The highest BCUT2D eigenvalue weighted by atomic mass is 79.9. The van der Waals surface area contributed by atoms with Crippen molar-refractivity contribution in [1.29, 1.82) is 0 Å². The smallest absolute Gasteiger partial charge is 0.328 e. The Bertz CT molecular complexity index is 562. The number of hydrogen-bond donors (Lipinski definition) is 1. The predicted octanol–water partition coefficient (Wildman–Crippen LogP) is 1.21. The first-order chi connectivity index (χ1) is 9.97. The van der Waals surface area contributed by atoms with Gasteiger partial charge in [-0.25, -0.2) is 4.79 Å². The largest absolute Gasteiger partial charge is 0.496 e. The van der Waals surface area contributed by atoms with Gasteiger partial charge in [-0.3, -0.25) is 4.79 Å². The van der Waals surface area contributed by atoms with Crippen molar-refractivity contribution >= 4 is 27.8 Å². The van der Waals surface area contributed by atoms with Crippen molar-refractivity contribution < 1.29 is 24.2 Å². The Morgan fingerprint density at radius 1 is 1.38 bits per heavy atom. The summed E-state index contributed by atoms with van der Waals surface area (Å²) >= 11 is 3.32. The number of benzene rings is 1. The predicted molar refractivity (Wildman–Crippen MR) is 78.2 cm³/mol. The van der Waals surface area contributed by atoms with E-state index in [0.717, 1.165) is 0 Å². The van der Waals surface area contributed by atoms with Gasteiger partial charge in [0, 0.05) is 18.5 Å². The van der Waals surface area contributed by atoms with Crippen molar-refractivity contribution in [3.63, 3.8) is 0 Å². The quantitative estimate of drug-likeness (QED) is 0.822. The van der Waals surface area contributed by atoms with Crippen molar-refractivity contribution in [2.45, 2.75) is 18.6 Å². The Labute approximate surface area is 130 Å². The molecule has 1 amide bonds. The first-order valence-corrected chi connectivity index (χ1v) is 7.17. The molecule has 1 aliphatic heterocycles. The normalized spacial score (nSPS) is 21.2. The molecule has 0 aromatic heterocycles. The second-order valence-electron chi connectivity index (χ2n) is 4.74. The van der Waals surface area contributed by atoms with Crippen LogP contribution in [-0.2, 0) is 9.53 Å². The second-order valence-corrected chi connectivity index (χ2v) is 5.59. The van der Waals surface area contributed by atoms with Gasteiger partial charge in [-0.2, -0.15) is 0 Å². The van der Waals surface area contributed by atoms with E-state index in [1.54, 1.807) is 18.2 Å². The number of carbonyl (C=O) groups is 2. The molecular formula is C14H16BrNO5. The van der Waals surface area contributed by atoms with Crippen LogP contribution in [0.5, 0.6) is 5.75 Å². The van der Waals surface area contributed by atoms with Gasteiger partial charge in [0.15, 0.2) is 0 Å². The van der Waals surface area contributed by atoms with Crippen LogP contribution in [0.2, 0.25) is 0 Å². The summed E-state index contributed by atoms with van der Waals surface area (Å²) in [7, 11) is 2.80. The van der Waals surface area contributed by atoms with Crippen molar-refractivity contribution in [3.8, 4) is 5.75 Å². The van der Waals surface area contributed by atoms with Gasteiger partial charge < -0.3 is 19.5 Å². The Kier molecular flexibility index (Phi) is 4.84. The number of methoxy groups -OCH3 is 2. The molecule has 1 heterocycles. The molecule has 1 aromatic rings. The molecule has 6 nitrogen and oxygen atoms in total. The Morgan fingerprint density at radius 3 is 2.67 bits per heavy atom. The van der Waals surface area contributed by atoms with Crippen LogP contribution in [-0.4, -0.2) is 54.8 Å². The number of likely N-dealkylation sites (tertiary alicyclic amines) is 1. The molecule has 1 fully saturated rings. The van der Waals surface area contributed by atoms with E-state index in [1.807, 2.05) is 0 Å². The average molecular weight is 358 g/mol. The lowest BCUT2D eigenvalue weighted by atomic mass is 10.1. The van der Waals surface area contributed by atoms with Gasteiger partial charge in [-0.1, -0.05) is 0 Å². The highest BCUT2D eigenvalue weighted by molar-refractivity contribution is 9.10. The Balaban J connectivity index is 2.25. The van der Waals surface area contributed by atoms with Gasteiger partial charge in [0.2, 0.25) is 0 Å². The van der Waals surface area contributed by atoms with Crippen LogP contribution >= 0.6 is 15.9 Å². The van der Waals surface area contributed by atoms with E-state index in [9.17, 15) is 14.7 Å². The molecule has 0 aliphatic carbocycles. The molecule has 7 heteroatoms. The Morgan fingerprint density at radius 2 is 2.10 bits per heavy atom. The lowest BCUT2D eigenvalue weighted by Gasteiger charge is -2.22. The third-order valence-corrected chi connectivity index (χ3v) is 4.03. The molecule has 0 spiro atoms. The van der Waals surface area contributed by atoms with E-state index in [0.29, 0.717) is 15.8 Å². The van der Waals surface area contributed by atoms with Gasteiger partial charge in [-0.15, -0.1) is 0 Å². The molecule has 1 N–H and O–H groups in total. The molecule has 114 valence electrons. The summed E-state index contributed by atoms with van der Waals surface area (Å²) in [6.07, 6.45) is -0.532. The van der Waals surface area contributed by atoms with Crippen LogP contribution in [0, 0.1) is 0 Å². The van der Waals surface area contributed by atoms with Crippen LogP contribution in [0.15, 0.2) is 22.7 Å². The minimum atomic E-state index is -0.752. The number of halogens is 1. The van der Waals surface area contributed by atoms with Gasteiger partial charge in [0.1, 0.15) is 11.8 Å². The molecule has 1 saturated heterocycles. The number of aliphatic hydroxyl groups is 1. The highest BCUT2D eigenvalue weighted by Crippen LogP contribution is 2.28. The maximum Gasteiger partial charge on any atom is 0.328 e. The molecule has 1 aromatic carbocycles. The lowest BCUT2D eigenvalue weighted by molar-refractivity contribution is -0.145. The number of ether oxygens (including phenoxy) is 2. The standard InChI is InChI=1S/C14H16BrNO5/c1-20-12-4-3-8(5-10(12)15)13(18)16-7-9(17)6-11(16)14(19)21-2/h3-5,9,11,17H,6-7H2,1-2H3. The van der Waals surface area contributed by atoms with Crippen molar-refractivity contribution in [3.05, 3.63) is 28.2 Å². The molecular weight excluding hydrogens is 342 g/mol. The fourth-order valence-electron chi connectivity index (χ4n) is 2.36. The maximum absolute atomic E-state index is 12.5. The fraction of sp³-hybridized carbons (Fsp3) is 0.429. The fourth-order valence-corrected chi connectivity index (χ4v) is 2.90. The summed E-state index contributed by atoms with van der Waals surface area (Å²) in [5.41, 5.74) is 0.408. The van der Waals surface area contributed by atoms with E-state index in [2.05, 4.69) is 20.7 Å². The molecule has 2 unspecified atom stereocenters. The summed E-state index contributed by atoms with van der Waals surface area (Å²) in [5, 5.41) is 9.72. The molecule has 2 atom stereocenters. The second kappa shape index (κ2) is 6.44. The first kappa shape index (κ1) is 15.8. The topological polar surface area (TPSA) is 76.1 Å². The van der Waals surface area contributed by atoms with Crippen molar-refractivity contribution in [2.24, 2.45) is 0 Å². The lowest BCUT2D eigenvalue weighted by Crippen LogP contribution is -2.41. The van der Waals surface area contributed by atoms with Gasteiger partial charge >= 0.3 is 5.97 Å². The minimum Gasteiger partial charge on any atom is -0.496 e. The van der Waals surface area contributed by atoms with E-state index in [1.165, 1.54) is 19.1 Å². The third kappa shape index (κ3) is 3.19. The van der Waals surface area contributed by atoms with Crippen molar-refractivity contribution in [2.75, 3.05) is 20.8 Å². The van der Waals surface area contributed by atoms with Gasteiger partial charge in [0.05, 0.1) is 24.8 Å². The molecule has 1 aliphatic rings. The number of aliphatic hydroxyl groups excluding tert-OH is 1. The summed E-state index contributed by atoms with van der Waals surface area (Å²) in [6.45, 7) is 0.113. The molecule has 0 saturated carbocycles. The van der Waals surface area contributed by atoms with Crippen LogP contribution in [0.3, 0.4) is 0 Å². The van der Waals surface area contributed by atoms with E-state index < -0.39 is 18.1 Å². The number of esters is 1. The number of nitrogens with zero attached hydrogens (tertiary/aromatic N) is 1. The molecule has 0 radical (unpaired) electrons. The van der Waals surface area contributed by atoms with Crippen LogP contribution in [0.4, 0.5) is 0 Å².